The Balaban J connectivity index is 2.13. The second kappa shape index (κ2) is 6.08. The monoisotopic (exact) mass is 340 g/mol. The lowest BCUT2D eigenvalue weighted by atomic mass is 10.2. The number of rotatable bonds is 4. The average Bonchev–Trinajstić information content (AvgIpc) is 2.36. The highest BCUT2D eigenvalue weighted by molar-refractivity contribution is 9.10. The Kier molecular flexibility index (Phi) is 4.45. The van der Waals surface area contributed by atoms with Crippen LogP contribution in [0.3, 0.4) is 0 Å². The van der Waals surface area contributed by atoms with Crippen LogP contribution in [-0.4, -0.2) is 11.1 Å². The van der Waals surface area contributed by atoms with Gasteiger partial charge in [0.15, 0.2) is 0 Å². The normalized spacial score (nSPS) is 10.2. The Morgan fingerprint density at radius 1 is 1.26 bits per heavy atom. The Morgan fingerprint density at radius 2 is 2.05 bits per heavy atom. The second-order valence-electron chi connectivity index (χ2n) is 3.90. The zero-order valence-electron chi connectivity index (χ0n) is 9.77. The van der Waals surface area contributed by atoms with E-state index in [4.69, 9.17) is 21.4 Å². The van der Waals surface area contributed by atoms with Gasteiger partial charge in [-0.25, -0.2) is 4.79 Å². The van der Waals surface area contributed by atoms with Crippen molar-refractivity contribution in [2.75, 3.05) is 0 Å². The van der Waals surface area contributed by atoms with E-state index in [-0.39, 0.29) is 5.56 Å². The molecule has 98 valence electrons. The summed E-state index contributed by atoms with van der Waals surface area (Å²) in [6, 6.07) is 12.0. The lowest BCUT2D eigenvalue weighted by Crippen LogP contribution is -1.99. The summed E-state index contributed by atoms with van der Waals surface area (Å²) in [5, 5.41) is 9.60. The first-order valence-corrected chi connectivity index (χ1v) is 6.63. The first kappa shape index (κ1) is 13.9. The summed E-state index contributed by atoms with van der Waals surface area (Å²) in [5.41, 5.74) is 1.10. The fourth-order valence-corrected chi connectivity index (χ4v) is 2.25. The molecule has 0 saturated carbocycles. The van der Waals surface area contributed by atoms with Gasteiger partial charge in [0.25, 0.3) is 0 Å². The van der Waals surface area contributed by atoms with E-state index in [9.17, 15) is 4.79 Å². The summed E-state index contributed by atoms with van der Waals surface area (Å²) < 4.78 is 6.23. The van der Waals surface area contributed by atoms with Crippen molar-refractivity contribution in [1.29, 1.82) is 0 Å². The number of aromatic carboxylic acids is 1. The number of carboxylic acids is 1. The van der Waals surface area contributed by atoms with Crippen molar-refractivity contribution in [2.45, 2.75) is 6.61 Å². The van der Waals surface area contributed by atoms with Gasteiger partial charge in [0.05, 0.1) is 5.56 Å². The van der Waals surface area contributed by atoms with Gasteiger partial charge >= 0.3 is 5.97 Å². The highest BCUT2D eigenvalue weighted by atomic mass is 79.9. The molecule has 1 N–H and O–H groups in total. The summed E-state index contributed by atoms with van der Waals surface area (Å²) >= 11 is 9.13. The van der Waals surface area contributed by atoms with Crippen molar-refractivity contribution in [3.63, 3.8) is 0 Å². The number of hydrogen-bond acceptors (Lipinski definition) is 2. The molecule has 0 unspecified atom stereocenters. The molecule has 0 spiro atoms. The molecule has 0 aliphatic carbocycles. The molecule has 0 aromatic heterocycles. The summed E-state index contributed by atoms with van der Waals surface area (Å²) in [6.07, 6.45) is 0. The molecule has 0 fully saturated rings. The highest BCUT2D eigenvalue weighted by Crippen LogP contribution is 2.23. The molecule has 2 rings (SSSR count). The van der Waals surface area contributed by atoms with E-state index < -0.39 is 5.97 Å². The molecular weight excluding hydrogens is 332 g/mol. The molecule has 2 aromatic carbocycles. The van der Waals surface area contributed by atoms with Gasteiger partial charge in [0, 0.05) is 9.50 Å². The van der Waals surface area contributed by atoms with E-state index in [1.165, 1.54) is 12.1 Å². The molecule has 0 saturated heterocycles. The van der Waals surface area contributed by atoms with E-state index >= 15 is 0 Å². The molecule has 5 heteroatoms. The summed E-state index contributed by atoms with van der Waals surface area (Å²) in [5.74, 6) is -0.499. The van der Waals surface area contributed by atoms with Gasteiger partial charge in [-0.1, -0.05) is 39.7 Å². The summed E-state index contributed by atoms with van der Waals surface area (Å²) in [6.45, 7) is 0.329. The van der Waals surface area contributed by atoms with Gasteiger partial charge in [-0.3, -0.25) is 0 Å². The van der Waals surface area contributed by atoms with Crippen molar-refractivity contribution in [3.05, 3.63) is 63.1 Å². The van der Waals surface area contributed by atoms with E-state index in [2.05, 4.69) is 15.9 Å². The van der Waals surface area contributed by atoms with Crippen LogP contribution in [0.2, 0.25) is 5.02 Å². The first-order valence-electron chi connectivity index (χ1n) is 5.46. The van der Waals surface area contributed by atoms with Crippen LogP contribution in [-0.2, 0) is 6.61 Å². The van der Waals surface area contributed by atoms with Gasteiger partial charge in [0.2, 0.25) is 0 Å². The lowest BCUT2D eigenvalue weighted by Gasteiger charge is -2.08. The van der Waals surface area contributed by atoms with Crippen molar-refractivity contribution in [2.24, 2.45) is 0 Å². The molecule has 0 aliphatic heterocycles. The molecule has 0 atom stereocenters. The quantitative estimate of drug-likeness (QED) is 0.897. The van der Waals surface area contributed by atoms with E-state index in [0.717, 1.165) is 5.56 Å². The van der Waals surface area contributed by atoms with Gasteiger partial charge < -0.3 is 9.84 Å². The Hall–Kier alpha value is -1.52. The number of benzene rings is 2. The maximum absolute atomic E-state index is 10.9. The minimum Gasteiger partial charge on any atom is -0.489 e. The van der Waals surface area contributed by atoms with E-state index in [1.807, 2.05) is 12.1 Å². The number of carbonyl (C=O) groups is 1. The molecule has 19 heavy (non-hydrogen) atoms. The number of halogens is 2. The second-order valence-corrected chi connectivity index (χ2v) is 5.25. The van der Waals surface area contributed by atoms with E-state index in [0.29, 0.717) is 21.9 Å². The molecule has 3 nitrogen and oxygen atoms in total. The van der Waals surface area contributed by atoms with Gasteiger partial charge in [-0.05, 0) is 35.9 Å². The minimum atomic E-state index is -0.992. The number of ether oxygens (including phenoxy) is 1. The number of carboxylic acid groups (broad SMARTS) is 1. The number of hydrogen-bond donors (Lipinski definition) is 1. The Labute approximate surface area is 123 Å². The van der Waals surface area contributed by atoms with Crippen molar-refractivity contribution in [3.8, 4) is 5.75 Å². The van der Waals surface area contributed by atoms with Crippen LogP contribution in [0.4, 0.5) is 0 Å². The zero-order chi connectivity index (χ0) is 13.8. The summed E-state index contributed by atoms with van der Waals surface area (Å²) in [4.78, 5) is 10.9. The molecular formula is C14H10BrClO3. The van der Waals surface area contributed by atoms with Crippen molar-refractivity contribution < 1.29 is 14.6 Å². The summed E-state index contributed by atoms with van der Waals surface area (Å²) in [7, 11) is 0. The molecule has 0 aliphatic rings. The fraction of sp³-hybridized carbons (Fsp3) is 0.0714. The zero-order valence-corrected chi connectivity index (χ0v) is 12.1. The average molecular weight is 342 g/mol. The third kappa shape index (κ3) is 3.98. The van der Waals surface area contributed by atoms with Crippen LogP contribution in [0, 0.1) is 0 Å². The van der Waals surface area contributed by atoms with E-state index in [1.54, 1.807) is 18.2 Å². The molecule has 0 radical (unpaired) electrons. The van der Waals surface area contributed by atoms with Crippen LogP contribution in [0.25, 0.3) is 0 Å². The third-order valence-corrected chi connectivity index (χ3v) is 3.11. The smallest absolute Gasteiger partial charge is 0.335 e. The third-order valence-electron chi connectivity index (χ3n) is 2.41. The molecule has 0 heterocycles. The van der Waals surface area contributed by atoms with Gasteiger partial charge in [0.1, 0.15) is 12.4 Å². The lowest BCUT2D eigenvalue weighted by molar-refractivity contribution is 0.0696. The Morgan fingerprint density at radius 3 is 2.74 bits per heavy atom. The van der Waals surface area contributed by atoms with Crippen LogP contribution >= 0.6 is 27.5 Å². The van der Waals surface area contributed by atoms with Gasteiger partial charge in [-0.2, -0.15) is 0 Å². The minimum absolute atomic E-state index is 0.176. The molecule has 0 bridgehead atoms. The maximum Gasteiger partial charge on any atom is 0.335 e. The molecule has 2 aromatic rings. The standard InChI is InChI=1S/C14H10BrClO3/c15-11-5-10(14(17)18)6-13(7-11)19-8-9-2-1-3-12(16)4-9/h1-7H,8H2,(H,17,18). The van der Waals surface area contributed by atoms with Crippen LogP contribution in [0.5, 0.6) is 5.75 Å². The highest BCUT2D eigenvalue weighted by Gasteiger charge is 2.07. The fourth-order valence-electron chi connectivity index (χ4n) is 1.56. The maximum atomic E-state index is 10.9. The topological polar surface area (TPSA) is 46.5 Å². The predicted octanol–water partition coefficient (Wildman–Crippen LogP) is 4.38. The van der Waals surface area contributed by atoms with Crippen molar-refractivity contribution >= 4 is 33.5 Å². The predicted molar refractivity (Wildman–Crippen MR) is 76.9 cm³/mol. The molecule has 0 amide bonds. The first-order chi connectivity index (χ1) is 9.04. The van der Waals surface area contributed by atoms with Gasteiger partial charge in [-0.15, -0.1) is 0 Å². The van der Waals surface area contributed by atoms with Crippen LogP contribution in [0.15, 0.2) is 46.9 Å². The van der Waals surface area contributed by atoms with Crippen LogP contribution < -0.4 is 4.74 Å². The Bertz CT molecular complexity index is 613. The largest absolute Gasteiger partial charge is 0.489 e. The SMILES string of the molecule is O=C(O)c1cc(Br)cc(OCc2cccc(Cl)c2)c1. The van der Waals surface area contributed by atoms with Crippen LogP contribution in [0.1, 0.15) is 15.9 Å². The van der Waals surface area contributed by atoms with Crippen molar-refractivity contribution in [1.82, 2.24) is 0 Å².